The van der Waals surface area contributed by atoms with E-state index in [1.165, 1.54) is 23.6 Å². The van der Waals surface area contributed by atoms with E-state index in [2.05, 4.69) is 23.5 Å². The van der Waals surface area contributed by atoms with Crippen molar-refractivity contribution in [1.29, 1.82) is 0 Å². The summed E-state index contributed by atoms with van der Waals surface area (Å²) in [6.07, 6.45) is 4.19. The molecule has 1 N–H and O–H groups in total. The predicted molar refractivity (Wildman–Crippen MR) is 85.3 cm³/mol. The Hall–Kier alpha value is -2.04. The first-order valence-corrected chi connectivity index (χ1v) is 8.31. The lowest BCUT2D eigenvalue weighted by atomic mass is 9.85. The molecule has 0 bridgehead atoms. The van der Waals surface area contributed by atoms with Crippen molar-refractivity contribution >= 4 is 12.1 Å². The number of hydrogen-bond acceptors (Lipinski definition) is 4. The molecule has 1 aliphatic heterocycles. The molecule has 1 aromatic rings. The van der Waals surface area contributed by atoms with Crippen molar-refractivity contribution in [3.05, 3.63) is 34.9 Å². The second-order valence-corrected chi connectivity index (χ2v) is 6.36. The van der Waals surface area contributed by atoms with Crippen LogP contribution in [0.4, 0.5) is 4.79 Å². The molecule has 23 heavy (non-hydrogen) atoms. The van der Waals surface area contributed by atoms with Gasteiger partial charge in [-0.1, -0.05) is 18.2 Å². The number of ether oxygens (including phenoxy) is 2. The van der Waals surface area contributed by atoms with Crippen LogP contribution in [0.3, 0.4) is 0 Å². The summed E-state index contributed by atoms with van der Waals surface area (Å²) >= 11 is 0. The summed E-state index contributed by atoms with van der Waals surface area (Å²) in [7, 11) is 0. The minimum absolute atomic E-state index is 0.00341. The molecule has 1 heterocycles. The van der Waals surface area contributed by atoms with E-state index in [4.69, 9.17) is 9.47 Å². The number of fused-ring (bicyclic) bond motifs is 1. The third-order valence-corrected chi connectivity index (χ3v) is 4.64. The molecule has 5 nitrogen and oxygen atoms in total. The van der Waals surface area contributed by atoms with Gasteiger partial charge in [0.15, 0.2) is 0 Å². The summed E-state index contributed by atoms with van der Waals surface area (Å²) in [4.78, 5) is 22.5. The summed E-state index contributed by atoms with van der Waals surface area (Å²) in [6, 6.07) is 6.56. The number of alkyl carbamates (subject to hydrolysis) is 1. The van der Waals surface area contributed by atoms with Gasteiger partial charge >= 0.3 is 12.1 Å². The first-order valence-electron chi connectivity index (χ1n) is 8.31. The maximum Gasteiger partial charge on any atom is 0.407 e. The van der Waals surface area contributed by atoms with Crippen LogP contribution in [0.15, 0.2) is 18.2 Å². The first kappa shape index (κ1) is 15.8. The summed E-state index contributed by atoms with van der Waals surface area (Å²) in [5.41, 5.74) is 3.89. The quantitative estimate of drug-likeness (QED) is 0.852. The van der Waals surface area contributed by atoms with Gasteiger partial charge in [0.05, 0.1) is 6.61 Å². The number of esters is 1. The fraction of sp³-hybridized carbons (Fsp3) is 0.556. The number of amides is 1. The van der Waals surface area contributed by atoms with Gasteiger partial charge in [0.25, 0.3) is 0 Å². The summed E-state index contributed by atoms with van der Waals surface area (Å²) in [6.45, 7) is 2.57. The number of carbonyl (C=O) groups is 2. The van der Waals surface area contributed by atoms with E-state index in [0.29, 0.717) is 19.1 Å². The van der Waals surface area contributed by atoms with E-state index in [0.717, 1.165) is 32.1 Å². The van der Waals surface area contributed by atoms with Crippen LogP contribution in [0.2, 0.25) is 0 Å². The average Bonchev–Trinajstić information content (AvgIpc) is 2.50. The number of carbonyl (C=O) groups excluding carboxylic acids is 2. The standard InChI is InChI=1S/C18H23NO4/c1-12(20)23-17-7-6-13-9-14(4-5-15(13)10-17)16-3-2-8-22-18(21)19-11-16/h4-5,9,16-17H,2-3,6-8,10-11H2,1H3,(H,19,21)/t16-,17+/m0/s1. The van der Waals surface area contributed by atoms with E-state index < -0.39 is 0 Å². The third-order valence-electron chi connectivity index (χ3n) is 4.64. The lowest BCUT2D eigenvalue weighted by Gasteiger charge is -2.26. The normalized spacial score (nSPS) is 24.5. The molecule has 1 aliphatic carbocycles. The van der Waals surface area contributed by atoms with Crippen LogP contribution >= 0.6 is 0 Å². The summed E-state index contributed by atoms with van der Waals surface area (Å²) in [5.74, 6) is 0.127. The Morgan fingerprint density at radius 2 is 2.17 bits per heavy atom. The van der Waals surface area contributed by atoms with E-state index >= 15 is 0 Å². The van der Waals surface area contributed by atoms with Gasteiger partial charge in [0.2, 0.25) is 0 Å². The number of aryl methyl sites for hydroxylation is 1. The molecule has 2 aliphatic rings. The van der Waals surface area contributed by atoms with Crippen LogP contribution < -0.4 is 5.32 Å². The molecule has 1 amide bonds. The number of cyclic esters (lactones) is 1. The van der Waals surface area contributed by atoms with Crippen LogP contribution in [0.5, 0.6) is 0 Å². The Labute approximate surface area is 136 Å². The molecule has 0 saturated carbocycles. The van der Waals surface area contributed by atoms with Gasteiger partial charge < -0.3 is 14.8 Å². The van der Waals surface area contributed by atoms with Gasteiger partial charge in [-0.15, -0.1) is 0 Å². The van der Waals surface area contributed by atoms with Crippen LogP contribution in [0, 0.1) is 0 Å². The average molecular weight is 317 g/mol. The van der Waals surface area contributed by atoms with Gasteiger partial charge in [-0.3, -0.25) is 4.79 Å². The topological polar surface area (TPSA) is 64.6 Å². The van der Waals surface area contributed by atoms with Gasteiger partial charge in [-0.05, 0) is 42.4 Å². The molecule has 0 unspecified atom stereocenters. The zero-order valence-electron chi connectivity index (χ0n) is 13.5. The molecule has 3 rings (SSSR count). The molecule has 124 valence electrons. The smallest absolute Gasteiger partial charge is 0.407 e. The second-order valence-electron chi connectivity index (χ2n) is 6.36. The number of rotatable bonds is 2. The molecule has 0 radical (unpaired) electrons. The van der Waals surface area contributed by atoms with Crippen molar-refractivity contribution in [3.63, 3.8) is 0 Å². The molecule has 1 saturated heterocycles. The fourth-order valence-corrected chi connectivity index (χ4v) is 3.47. The van der Waals surface area contributed by atoms with E-state index in [-0.39, 0.29) is 18.2 Å². The fourth-order valence-electron chi connectivity index (χ4n) is 3.47. The van der Waals surface area contributed by atoms with E-state index in [1.807, 2.05) is 0 Å². The SMILES string of the molecule is CC(=O)O[C@@H]1CCc2cc([C@H]3CCCOC(=O)NC3)ccc2C1. The molecular weight excluding hydrogens is 294 g/mol. The molecule has 2 atom stereocenters. The highest BCUT2D eigenvalue weighted by atomic mass is 16.5. The molecular formula is C18H23NO4. The van der Waals surface area contributed by atoms with Gasteiger partial charge in [-0.2, -0.15) is 0 Å². The highest BCUT2D eigenvalue weighted by Gasteiger charge is 2.23. The van der Waals surface area contributed by atoms with Crippen molar-refractivity contribution < 1.29 is 19.1 Å². The Kier molecular flexibility index (Phi) is 4.84. The molecule has 1 fully saturated rings. The van der Waals surface area contributed by atoms with Crippen LogP contribution in [-0.2, 0) is 27.1 Å². The maximum atomic E-state index is 11.4. The molecule has 5 heteroatoms. The van der Waals surface area contributed by atoms with Crippen LogP contribution in [0.25, 0.3) is 0 Å². The summed E-state index contributed by atoms with van der Waals surface area (Å²) < 4.78 is 10.3. The molecule has 0 aromatic heterocycles. The Morgan fingerprint density at radius 3 is 3.00 bits per heavy atom. The Bertz CT molecular complexity index is 599. The highest BCUT2D eigenvalue weighted by Crippen LogP contribution is 2.29. The van der Waals surface area contributed by atoms with Crippen LogP contribution in [-0.4, -0.2) is 31.3 Å². The zero-order valence-corrected chi connectivity index (χ0v) is 13.5. The van der Waals surface area contributed by atoms with Gasteiger partial charge in [-0.25, -0.2) is 4.79 Å². The minimum atomic E-state index is -0.322. The lowest BCUT2D eigenvalue weighted by molar-refractivity contribution is -0.146. The van der Waals surface area contributed by atoms with Crippen molar-refractivity contribution in [2.75, 3.05) is 13.2 Å². The lowest BCUT2D eigenvalue weighted by Crippen LogP contribution is -2.32. The third kappa shape index (κ3) is 4.03. The van der Waals surface area contributed by atoms with Crippen molar-refractivity contribution in [2.45, 2.75) is 51.0 Å². The van der Waals surface area contributed by atoms with E-state index in [9.17, 15) is 9.59 Å². The largest absolute Gasteiger partial charge is 0.462 e. The highest BCUT2D eigenvalue weighted by molar-refractivity contribution is 5.67. The van der Waals surface area contributed by atoms with Crippen molar-refractivity contribution in [2.24, 2.45) is 0 Å². The van der Waals surface area contributed by atoms with Crippen LogP contribution in [0.1, 0.15) is 48.8 Å². The molecule has 0 spiro atoms. The minimum Gasteiger partial charge on any atom is -0.462 e. The van der Waals surface area contributed by atoms with E-state index in [1.54, 1.807) is 0 Å². The molecule has 1 aromatic carbocycles. The van der Waals surface area contributed by atoms with Crippen molar-refractivity contribution in [1.82, 2.24) is 5.32 Å². The second kappa shape index (κ2) is 7.02. The monoisotopic (exact) mass is 317 g/mol. The predicted octanol–water partition coefficient (Wildman–Crippen LogP) is 2.71. The number of nitrogens with one attached hydrogen (secondary N) is 1. The van der Waals surface area contributed by atoms with Gasteiger partial charge in [0, 0.05) is 25.8 Å². The number of hydrogen-bond donors (Lipinski definition) is 1. The maximum absolute atomic E-state index is 11.4. The van der Waals surface area contributed by atoms with Gasteiger partial charge in [0.1, 0.15) is 6.10 Å². The zero-order chi connectivity index (χ0) is 16.2. The first-order chi connectivity index (χ1) is 11.1. The Morgan fingerprint density at radius 1 is 1.30 bits per heavy atom. The number of benzene rings is 1. The summed E-state index contributed by atoms with van der Waals surface area (Å²) in [5, 5.41) is 2.82. The Balaban J connectivity index is 1.71. The van der Waals surface area contributed by atoms with Crippen molar-refractivity contribution in [3.8, 4) is 0 Å².